The van der Waals surface area contributed by atoms with E-state index in [4.69, 9.17) is 0 Å². The standard InChI is InChI=1S/C22H19BrN4O4S/c1-15(28)25-19-8-2-16(3-9-19)14-24-26-22(29)17-4-10-20(11-5-17)27-32(30,31)21-12-6-18(23)7-13-21/h2-14,27H,1H3,(H,25,28)(H,26,29). The second kappa shape index (κ2) is 10.2. The van der Waals surface area contributed by atoms with Gasteiger partial charge in [0.1, 0.15) is 0 Å². The fourth-order valence-corrected chi connectivity index (χ4v) is 3.93. The second-order valence-corrected chi connectivity index (χ2v) is 9.24. The Morgan fingerprint density at radius 3 is 2.06 bits per heavy atom. The smallest absolute Gasteiger partial charge is 0.271 e. The molecule has 0 aromatic heterocycles. The van der Waals surface area contributed by atoms with Gasteiger partial charge in [0.05, 0.1) is 11.1 Å². The number of carbonyl (C=O) groups excluding carboxylic acids is 2. The van der Waals surface area contributed by atoms with Crippen molar-refractivity contribution in [2.24, 2.45) is 5.10 Å². The molecule has 3 N–H and O–H groups in total. The molecule has 0 fully saturated rings. The second-order valence-electron chi connectivity index (χ2n) is 6.64. The minimum Gasteiger partial charge on any atom is -0.326 e. The first-order valence-electron chi connectivity index (χ1n) is 9.32. The highest BCUT2D eigenvalue weighted by atomic mass is 79.9. The predicted molar refractivity (Wildman–Crippen MR) is 127 cm³/mol. The van der Waals surface area contributed by atoms with E-state index in [1.54, 1.807) is 36.4 Å². The van der Waals surface area contributed by atoms with Gasteiger partial charge in [0.25, 0.3) is 15.9 Å². The van der Waals surface area contributed by atoms with Crippen molar-refractivity contribution in [1.29, 1.82) is 0 Å². The highest BCUT2D eigenvalue weighted by molar-refractivity contribution is 9.10. The van der Waals surface area contributed by atoms with Crippen molar-refractivity contribution in [1.82, 2.24) is 5.43 Å². The molecule has 8 nitrogen and oxygen atoms in total. The molecule has 0 saturated carbocycles. The summed E-state index contributed by atoms with van der Waals surface area (Å²) in [6.07, 6.45) is 1.47. The van der Waals surface area contributed by atoms with Gasteiger partial charge in [-0.1, -0.05) is 28.1 Å². The molecule has 2 amide bonds. The molecule has 0 unspecified atom stereocenters. The molecule has 3 aromatic carbocycles. The van der Waals surface area contributed by atoms with Gasteiger partial charge >= 0.3 is 0 Å². The summed E-state index contributed by atoms with van der Waals surface area (Å²) < 4.78 is 28.1. The summed E-state index contributed by atoms with van der Waals surface area (Å²) in [5.74, 6) is -0.607. The first-order valence-corrected chi connectivity index (χ1v) is 11.6. The summed E-state index contributed by atoms with van der Waals surface area (Å²) >= 11 is 3.27. The maximum Gasteiger partial charge on any atom is 0.271 e. The lowest BCUT2D eigenvalue weighted by Gasteiger charge is -2.09. The molecule has 10 heteroatoms. The highest BCUT2D eigenvalue weighted by Gasteiger charge is 2.14. The van der Waals surface area contributed by atoms with Gasteiger partial charge in [-0.25, -0.2) is 13.8 Å². The van der Waals surface area contributed by atoms with Crippen molar-refractivity contribution < 1.29 is 18.0 Å². The molecule has 0 heterocycles. The van der Waals surface area contributed by atoms with Gasteiger partial charge in [0, 0.05) is 28.3 Å². The third-order valence-corrected chi connectivity index (χ3v) is 6.06. The highest BCUT2D eigenvalue weighted by Crippen LogP contribution is 2.19. The molecule has 0 saturated heterocycles. The number of sulfonamides is 1. The average Bonchev–Trinajstić information content (AvgIpc) is 2.75. The number of benzene rings is 3. The molecule has 3 rings (SSSR count). The first-order chi connectivity index (χ1) is 15.2. The van der Waals surface area contributed by atoms with Crippen LogP contribution in [-0.4, -0.2) is 26.4 Å². The largest absolute Gasteiger partial charge is 0.326 e. The quantitative estimate of drug-likeness (QED) is 0.326. The lowest BCUT2D eigenvalue weighted by Crippen LogP contribution is -2.18. The van der Waals surface area contributed by atoms with Crippen molar-refractivity contribution in [3.8, 4) is 0 Å². The number of nitrogens with one attached hydrogen (secondary N) is 3. The average molecular weight is 515 g/mol. The molecule has 0 radical (unpaired) electrons. The number of rotatable bonds is 7. The number of carbonyl (C=O) groups is 2. The van der Waals surface area contributed by atoms with E-state index in [0.29, 0.717) is 16.9 Å². The molecule has 0 aliphatic heterocycles. The summed E-state index contributed by atoms with van der Waals surface area (Å²) in [5.41, 5.74) is 4.45. The van der Waals surface area contributed by atoms with Crippen molar-refractivity contribution in [2.75, 3.05) is 10.0 Å². The van der Waals surface area contributed by atoms with Crippen LogP contribution in [0.15, 0.2) is 87.3 Å². The van der Waals surface area contributed by atoms with Crippen LogP contribution in [-0.2, 0) is 14.8 Å². The Kier molecular flexibility index (Phi) is 7.39. The van der Waals surface area contributed by atoms with Gasteiger partial charge in [-0.2, -0.15) is 5.10 Å². The van der Waals surface area contributed by atoms with E-state index in [-0.39, 0.29) is 10.8 Å². The summed E-state index contributed by atoms with van der Waals surface area (Å²) in [5, 5.41) is 6.57. The van der Waals surface area contributed by atoms with E-state index in [1.165, 1.54) is 49.5 Å². The fourth-order valence-electron chi connectivity index (χ4n) is 2.60. The SMILES string of the molecule is CC(=O)Nc1ccc(C=NNC(=O)c2ccc(NS(=O)(=O)c3ccc(Br)cc3)cc2)cc1. The van der Waals surface area contributed by atoms with Crippen LogP contribution >= 0.6 is 15.9 Å². The molecule has 0 atom stereocenters. The van der Waals surface area contributed by atoms with E-state index < -0.39 is 15.9 Å². The van der Waals surface area contributed by atoms with Gasteiger partial charge in [-0.15, -0.1) is 0 Å². The summed E-state index contributed by atoms with van der Waals surface area (Å²) in [4.78, 5) is 23.4. The Bertz CT molecular complexity index is 1240. The zero-order chi connectivity index (χ0) is 23.1. The number of hydrazone groups is 1. The summed E-state index contributed by atoms with van der Waals surface area (Å²) in [6.45, 7) is 1.43. The van der Waals surface area contributed by atoms with Crippen LogP contribution in [0.5, 0.6) is 0 Å². The molecular weight excluding hydrogens is 496 g/mol. The fraction of sp³-hybridized carbons (Fsp3) is 0.0455. The summed E-state index contributed by atoms with van der Waals surface area (Å²) in [6, 6.07) is 19.2. The van der Waals surface area contributed by atoms with Crippen LogP contribution in [0.4, 0.5) is 11.4 Å². The van der Waals surface area contributed by atoms with Crippen LogP contribution in [0.1, 0.15) is 22.8 Å². The van der Waals surface area contributed by atoms with Gasteiger partial charge in [-0.05, 0) is 66.2 Å². The predicted octanol–water partition coefficient (Wildman–Crippen LogP) is 3.97. The van der Waals surface area contributed by atoms with Crippen molar-refractivity contribution in [3.63, 3.8) is 0 Å². The monoisotopic (exact) mass is 514 g/mol. The van der Waals surface area contributed by atoms with E-state index in [1.807, 2.05) is 0 Å². The lowest BCUT2D eigenvalue weighted by atomic mass is 10.2. The third kappa shape index (κ3) is 6.50. The van der Waals surface area contributed by atoms with E-state index in [2.05, 4.69) is 36.5 Å². The minimum absolute atomic E-state index is 0.127. The molecule has 0 spiro atoms. The van der Waals surface area contributed by atoms with E-state index >= 15 is 0 Å². The lowest BCUT2D eigenvalue weighted by molar-refractivity contribution is -0.114. The molecule has 32 heavy (non-hydrogen) atoms. The van der Waals surface area contributed by atoms with Gasteiger partial charge in [-0.3, -0.25) is 14.3 Å². The topological polar surface area (TPSA) is 117 Å². The molecule has 0 bridgehead atoms. The third-order valence-electron chi connectivity index (χ3n) is 4.13. The van der Waals surface area contributed by atoms with Crippen molar-refractivity contribution in [2.45, 2.75) is 11.8 Å². The van der Waals surface area contributed by atoms with Gasteiger partial charge in [0.15, 0.2) is 0 Å². The summed E-state index contributed by atoms with van der Waals surface area (Å²) in [7, 11) is -3.74. The molecule has 0 aliphatic carbocycles. The number of nitrogens with zero attached hydrogens (tertiary/aromatic N) is 1. The van der Waals surface area contributed by atoms with Gasteiger partial charge in [0.2, 0.25) is 5.91 Å². The minimum atomic E-state index is -3.74. The van der Waals surface area contributed by atoms with Crippen LogP contribution in [0.3, 0.4) is 0 Å². The molecule has 164 valence electrons. The Morgan fingerprint density at radius 1 is 0.875 bits per heavy atom. The molecule has 3 aromatic rings. The Hall–Kier alpha value is -3.50. The van der Waals surface area contributed by atoms with E-state index in [9.17, 15) is 18.0 Å². The zero-order valence-electron chi connectivity index (χ0n) is 16.9. The van der Waals surface area contributed by atoms with Gasteiger partial charge < -0.3 is 5.32 Å². The van der Waals surface area contributed by atoms with Crippen molar-refractivity contribution in [3.05, 3.63) is 88.4 Å². The first kappa shape index (κ1) is 23.2. The van der Waals surface area contributed by atoms with Crippen LogP contribution < -0.4 is 15.5 Å². The zero-order valence-corrected chi connectivity index (χ0v) is 19.3. The Labute approximate surface area is 193 Å². The number of hydrogen-bond acceptors (Lipinski definition) is 5. The number of amides is 2. The van der Waals surface area contributed by atoms with Crippen LogP contribution in [0, 0.1) is 0 Å². The Morgan fingerprint density at radius 2 is 1.47 bits per heavy atom. The van der Waals surface area contributed by atoms with Crippen LogP contribution in [0.2, 0.25) is 0 Å². The molecular formula is C22H19BrN4O4S. The number of hydrogen-bond donors (Lipinski definition) is 3. The van der Waals surface area contributed by atoms with Crippen LogP contribution in [0.25, 0.3) is 0 Å². The molecule has 0 aliphatic rings. The maximum atomic E-state index is 12.4. The maximum absolute atomic E-state index is 12.4. The normalized spacial score (nSPS) is 11.2. The van der Waals surface area contributed by atoms with Crippen molar-refractivity contribution >= 4 is 55.4 Å². The number of halogens is 1. The van der Waals surface area contributed by atoms with E-state index in [0.717, 1.165) is 10.0 Å². The Balaban J connectivity index is 1.58. The number of anilines is 2.